The molecule has 1 fully saturated rings. The highest BCUT2D eigenvalue weighted by Gasteiger charge is 2.41. The summed E-state index contributed by atoms with van der Waals surface area (Å²) in [6.45, 7) is 3.84. The first-order chi connectivity index (χ1) is 14.2. The van der Waals surface area contributed by atoms with Gasteiger partial charge in [-0.15, -0.1) is 0 Å². The van der Waals surface area contributed by atoms with Crippen molar-refractivity contribution in [2.75, 3.05) is 26.8 Å². The Bertz CT molecular complexity index is 977. The molecule has 2 atom stereocenters. The third-order valence-corrected chi connectivity index (χ3v) is 5.59. The molecule has 1 aliphatic rings. The van der Waals surface area contributed by atoms with Crippen LogP contribution in [0.2, 0.25) is 0 Å². The number of aliphatic hydroxyl groups excluding tert-OH is 1. The van der Waals surface area contributed by atoms with Crippen LogP contribution in [0.1, 0.15) is 29.7 Å². The molecule has 150 valence electrons. The van der Waals surface area contributed by atoms with E-state index in [9.17, 15) is 5.11 Å². The zero-order chi connectivity index (χ0) is 20.3. The number of ether oxygens (including phenoxy) is 2. The molecule has 0 aliphatic carbocycles. The van der Waals surface area contributed by atoms with Crippen molar-refractivity contribution in [3.8, 4) is 16.9 Å². The van der Waals surface area contributed by atoms with Gasteiger partial charge < -0.3 is 19.9 Å². The molecule has 1 aliphatic heterocycles. The van der Waals surface area contributed by atoms with E-state index in [1.807, 2.05) is 48.5 Å². The molecular formula is C25H27NO3. The van der Waals surface area contributed by atoms with Crippen molar-refractivity contribution in [3.05, 3.63) is 89.5 Å². The van der Waals surface area contributed by atoms with E-state index in [4.69, 9.17) is 9.47 Å². The van der Waals surface area contributed by atoms with Crippen molar-refractivity contribution in [1.82, 2.24) is 5.32 Å². The molecule has 0 amide bonds. The fourth-order valence-electron chi connectivity index (χ4n) is 4.21. The highest BCUT2D eigenvalue weighted by atomic mass is 16.5. The number of benzene rings is 3. The average Bonchev–Trinajstić information content (AvgIpc) is 2.79. The SMILES string of the molecule is COc1cccc(-c2ccccc2C2(c3ccccc3C(C)O)CNCCO2)c1. The quantitative estimate of drug-likeness (QED) is 0.684. The molecule has 0 aromatic heterocycles. The van der Waals surface area contributed by atoms with E-state index in [1.165, 1.54) is 0 Å². The van der Waals surface area contributed by atoms with Crippen LogP contribution in [-0.2, 0) is 10.3 Å². The van der Waals surface area contributed by atoms with Gasteiger partial charge in [-0.2, -0.15) is 0 Å². The number of methoxy groups -OCH3 is 1. The highest BCUT2D eigenvalue weighted by molar-refractivity contribution is 5.71. The smallest absolute Gasteiger partial charge is 0.131 e. The lowest BCUT2D eigenvalue weighted by atomic mass is 9.78. The molecule has 1 heterocycles. The van der Waals surface area contributed by atoms with Gasteiger partial charge in [0, 0.05) is 13.1 Å². The molecule has 0 saturated carbocycles. The van der Waals surface area contributed by atoms with Crippen LogP contribution in [-0.4, -0.2) is 31.9 Å². The van der Waals surface area contributed by atoms with Crippen LogP contribution in [0.5, 0.6) is 5.75 Å². The number of nitrogens with one attached hydrogen (secondary N) is 1. The first-order valence-electron chi connectivity index (χ1n) is 10.0. The second kappa shape index (κ2) is 8.37. The maximum absolute atomic E-state index is 10.5. The van der Waals surface area contributed by atoms with E-state index in [0.717, 1.165) is 40.1 Å². The summed E-state index contributed by atoms with van der Waals surface area (Å²) in [5.74, 6) is 0.818. The third-order valence-electron chi connectivity index (χ3n) is 5.59. The lowest BCUT2D eigenvalue weighted by Crippen LogP contribution is -2.49. The predicted molar refractivity (Wildman–Crippen MR) is 115 cm³/mol. The van der Waals surface area contributed by atoms with Gasteiger partial charge in [0.1, 0.15) is 11.4 Å². The second-order valence-corrected chi connectivity index (χ2v) is 7.39. The molecule has 0 radical (unpaired) electrons. The van der Waals surface area contributed by atoms with Crippen LogP contribution >= 0.6 is 0 Å². The zero-order valence-electron chi connectivity index (χ0n) is 16.9. The van der Waals surface area contributed by atoms with Crippen molar-refractivity contribution in [2.24, 2.45) is 0 Å². The fraction of sp³-hybridized carbons (Fsp3) is 0.280. The third kappa shape index (κ3) is 3.67. The molecule has 0 bridgehead atoms. The number of hydrogen-bond acceptors (Lipinski definition) is 4. The summed E-state index contributed by atoms with van der Waals surface area (Å²) in [5, 5.41) is 14.0. The molecule has 2 unspecified atom stereocenters. The van der Waals surface area contributed by atoms with Crippen molar-refractivity contribution in [3.63, 3.8) is 0 Å². The fourth-order valence-corrected chi connectivity index (χ4v) is 4.21. The largest absolute Gasteiger partial charge is 0.497 e. The van der Waals surface area contributed by atoms with E-state index < -0.39 is 11.7 Å². The van der Waals surface area contributed by atoms with Gasteiger partial charge in [-0.1, -0.05) is 60.7 Å². The van der Waals surface area contributed by atoms with Gasteiger partial charge in [0.2, 0.25) is 0 Å². The number of rotatable bonds is 5. The minimum absolute atomic E-state index is 0.586. The molecule has 3 aromatic rings. The Hall–Kier alpha value is -2.66. The van der Waals surface area contributed by atoms with E-state index >= 15 is 0 Å². The Morgan fingerprint density at radius 3 is 2.48 bits per heavy atom. The van der Waals surface area contributed by atoms with E-state index in [2.05, 4.69) is 29.6 Å². The molecule has 4 nitrogen and oxygen atoms in total. The zero-order valence-corrected chi connectivity index (χ0v) is 16.9. The predicted octanol–water partition coefficient (Wildman–Crippen LogP) is 4.28. The molecule has 4 heteroatoms. The Labute approximate surface area is 172 Å². The maximum Gasteiger partial charge on any atom is 0.131 e. The average molecular weight is 389 g/mol. The lowest BCUT2D eigenvalue weighted by molar-refractivity contribution is -0.0416. The summed E-state index contributed by atoms with van der Waals surface area (Å²) < 4.78 is 12.0. The van der Waals surface area contributed by atoms with E-state index in [-0.39, 0.29) is 0 Å². The van der Waals surface area contributed by atoms with Gasteiger partial charge in [0.05, 0.1) is 19.8 Å². The first-order valence-corrected chi connectivity index (χ1v) is 10.0. The molecule has 0 spiro atoms. The van der Waals surface area contributed by atoms with E-state index in [0.29, 0.717) is 13.2 Å². The van der Waals surface area contributed by atoms with Gasteiger partial charge >= 0.3 is 0 Å². The number of aliphatic hydroxyl groups is 1. The van der Waals surface area contributed by atoms with Crippen molar-refractivity contribution >= 4 is 0 Å². The van der Waals surface area contributed by atoms with Crippen LogP contribution in [0.25, 0.3) is 11.1 Å². The normalized spacial score (nSPS) is 20.2. The van der Waals surface area contributed by atoms with Crippen molar-refractivity contribution in [1.29, 1.82) is 0 Å². The van der Waals surface area contributed by atoms with Gasteiger partial charge in [-0.3, -0.25) is 0 Å². The van der Waals surface area contributed by atoms with Gasteiger partial charge in [0.25, 0.3) is 0 Å². The van der Waals surface area contributed by atoms with Gasteiger partial charge in [-0.05, 0) is 46.9 Å². The lowest BCUT2D eigenvalue weighted by Gasteiger charge is -2.41. The number of hydrogen-bond donors (Lipinski definition) is 2. The topological polar surface area (TPSA) is 50.7 Å². The molecular weight excluding hydrogens is 362 g/mol. The van der Waals surface area contributed by atoms with Crippen LogP contribution in [0.4, 0.5) is 0 Å². The monoisotopic (exact) mass is 389 g/mol. The molecule has 1 saturated heterocycles. The Balaban J connectivity index is 1.95. The highest BCUT2D eigenvalue weighted by Crippen LogP contribution is 2.43. The Kier molecular flexibility index (Phi) is 5.67. The van der Waals surface area contributed by atoms with E-state index in [1.54, 1.807) is 14.0 Å². The van der Waals surface area contributed by atoms with Gasteiger partial charge in [-0.25, -0.2) is 0 Å². The van der Waals surface area contributed by atoms with Crippen LogP contribution in [0, 0.1) is 0 Å². The van der Waals surface area contributed by atoms with Crippen molar-refractivity contribution < 1.29 is 14.6 Å². The summed E-state index contributed by atoms with van der Waals surface area (Å²) in [5.41, 5.74) is 4.44. The molecule has 4 rings (SSSR count). The molecule has 29 heavy (non-hydrogen) atoms. The summed E-state index contributed by atoms with van der Waals surface area (Å²) in [6.07, 6.45) is -0.586. The van der Waals surface area contributed by atoms with Crippen LogP contribution in [0.3, 0.4) is 0 Å². The summed E-state index contributed by atoms with van der Waals surface area (Å²) in [7, 11) is 1.68. The minimum Gasteiger partial charge on any atom is -0.497 e. The Morgan fingerprint density at radius 1 is 1.00 bits per heavy atom. The number of morpholine rings is 1. The van der Waals surface area contributed by atoms with Gasteiger partial charge in [0.15, 0.2) is 0 Å². The molecule has 2 N–H and O–H groups in total. The second-order valence-electron chi connectivity index (χ2n) is 7.39. The molecule has 3 aromatic carbocycles. The minimum atomic E-state index is -0.689. The summed E-state index contributed by atoms with van der Waals surface area (Å²) in [4.78, 5) is 0. The van der Waals surface area contributed by atoms with Crippen LogP contribution < -0.4 is 10.1 Å². The maximum atomic E-state index is 10.5. The standard InChI is InChI=1S/C25H27NO3/c1-18(27)21-10-3-5-12-23(21)25(17-26-14-15-29-25)24-13-6-4-11-22(24)19-8-7-9-20(16-19)28-2/h3-13,16,18,26-27H,14-15,17H2,1-2H3. The Morgan fingerprint density at radius 2 is 1.76 bits per heavy atom. The van der Waals surface area contributed by atoms with Crippen LogP contribution in [0.15, 0.2) is 72.8 Å². The summed E-state index contributed by atoms with van der Waals surface area (Å²) >= 11 is 0. The first kappa shape index (κ1) is 19.6. The summed E-state index contributed by atoms with van der Waals surface area (Å²) in [6, 6.07) is 24.4. The van der Waals surface area contributed by atoms with Crippen molar-refractivity contribution in [2.45, 2.75) is 18.6 Å².